The first kappa shape index (κ1) is 18.3. The van der Waals surface area contributed by atoms with Crippen molar-refractivity contribution < 1.29 is 13.6 Å². The van der Waals surface area contributed by atoms with Crippen LogP contribution >= 0.6 is 0 Å². The first-order chi connectivity index (χ1) is 13.5. The molecule has 0 fully saturated rings. The van der Waals surface area contributed by atoms with Crippen molar-refractivity contribution in [1.82, 2.24) is 14.7 Å². The number of halogens is 2. The Morgan fingerprint density at radius 3 is 2.71 bits per heavy atom. The van der Waals surface area contributed by atoms with Gasteiger partial charge >= 0.3 is 0 Å². The highest BCUT2D eigenvalue weighted by atomic mass is 19.1. The molecule has 1 aromatic heterocycles. The lowest BCUT2D eigenvalue weighted by atomic mass is 10.0. The number of amides is 1. The number of nitrogens with zero attached hydrogens (tertiary/aromatic N) is 3. The zero-order chi connectivity index (χ0) is 19.8. The lowest BCUT2D eigenvalue weighted by Crippen LogP contribution is -2.42. The van der Waals surface area contributed by atoms with Gasteiger partial charge in [-0.3, -0.25) is 9.48 Å². The quantitative estimate of drug-likeness (QED) is 0.738. The van der Waals surface area contributed by atoms with Crippen LogP contribution in [0.25, 0.3) is 11.3 Å². The summed E-state index contributed by atoms with van der Waals surface area (Å²) in [7, 11) is 1.67. The van der Waals surface area contributed by atoms with Crippen LogP contribution in [-0.2, 0) is 20.0 Å². The lowest BCUT2D eigenvalue weighted by Gasteiger charge is -2.26. The van der Waals surface area contributed by atoms with Crippen molar-refractivity contribution in [3.8, 4) is 11.3 Å². The van der Waals surface area contributed by atoms with E-state index in [0.29, 0.717) is 29.8 Å². The molecule has 3 aromatic rings. The van der Waals surface area contributed by atoms with E-state index in [2.05, 4.69) is 5.10 Å². The molecule has 2 heterocycles. The summed E-state index contributed by atoms with van der Waals surface area (Å²) >= 11 is 0. The Bertz CT molecular complexity index is 1030. The minimum absolute atomic E-state index is 0.112. The Hall–Kier alpha value is -3.06. The molecule has 5 nitrogen and oxygen atoms in total. The minimum atomic E-state index is -0.408. The second kappa shape index (κ2) is 7.16. The number of carbonyl (C=O) groups excluding carboxylic acids is 1. The summed E-state index contributed by atoms with van der Waals surface area (Å²) in [5.41, 5.74) is 9.18. The van der Waals surface area contributed by atoms with Crippen LogP contribution in [0.5, 0.6) is 0 Å². The number of fused-ring (bicyclic) bond motifs is 1. The topological polar surface area (TPSA) is 64.2 Å². The molecule has 0 spiro atoms. The van der Waals surface area contributed by atoms with Crippen LogP contribution < -0.4 is 5.73 Å². The molecule has 144 valence electrons. The molecule has 0 saturated carbocycles. The maximum Gasteiger partial charge on any atom is 0.254 e. The number of hydrogen-bond acceptors (Lipinski definition) is 3. The molecule has 2 aromatic carbocycles. The third kappa shape index (κ3) is 3.18. The fourth-order valence-corrected chi connectivity index (χ4v) is 3.78. The minimum Gasteiger partial charge on any atom is -0.330 e. The molecular weight excluding hydrogens is 362 g/mol. The van der Waals surface area contributed by atoms with Crippen molar-refractivity contribution in [2.24, 2.45) is 12.8 Å². The summed E-state index contributed by atoms with van der Waals surface area (Å²) in [5, 5.41) is 3.93. The van der Waals surface area contributed by atoms with Crippen LogP contribution in [0.2, 0.25) is 0 Å². The Morgan fingerprint density at radius 2 is 2.04 bits per heavy atom. The van der Waals surface area contributed by atoms with Crippen LogP contribution in [0.15, 0.2) is 48.7 Å². The van der Waals surface area contributed by atoms with Crippen molar-refractivity contribution in [1.29, 1.82) is 0 Å². The van der Waals surface area contributed by atoms with Gasteiger partial charge in [0.25, 0.3) is 5.91 Å². The highest BCUT2D eigenvalue weighted by molar-refractivity contribution is 5.99. The van der Waals surface area contributed by atoms with Crippen LogP contribution in [-0.4, -0.2) is 33.2 Å². The second-order valence-electron chi connectivity index (χ2n) is 6.99. The molecule has 1 amide bonds. The molecule has 1 unspecified atom stereocenters. The van der Waals surface area contributed by atoms with Crippen molar-refractivity contribution in [2.45, 2.75) is 19.0 Å². The molecule has 0 saturated heterocycles. The summed E-state index contributed by atoms with van der Waals surface area (Å²) in [6.07, 6.45) is 1.64. The maximum atomic E-state index is 14.1. The van der Waals surface area contributed by atoms with Gasteiger partial charge in [0.05, 0.1) is 6.20 Å². The molecule has 0 radical (unpaired) electrons. The Kier molecular flexibility index (Phi) is 4.68. The first-order valence-electron chi connectivity index (χ1n) is 9.04. The number of carbonyl (C=O) groups is 1. The molecule has 0 bridgehead atoms. The van der Waals surface area contributed by atoms with E-state index in [1.54, 1.807) is 30.1 Å². The van der Waals surface area contributed by atoms with Gasteiger partial charge in [-0.15, -0.1) is 0 Å². The predicted octanol–water partition coefficient (Wildman–Crippen LogP) is 2.89. The largest absolute Gasteiger partial charge is 0.330 e. The Morgan fingerprint density at radius 1 is 1.21 bits per heavy atom. The standard InChI is InChI=1S/C21H20F2N4O/c1-26-20(19(23)11-25-26)14-5-6-18-15(9-14)12-27(21(18)28)17(10-24)8-13-3-2-4-16(22)7-13/h2-7,9,11,17H,8,10,12,24H2,1H3. The zero-order valence-electron chi connectivity index (χ0n) is 15.4. The number of hydrogen-bond donors (Lipinski definition) is 1. The van der Waals surface area contributed by atoms with Gasteiger partial charge in [-0.05, 0) is 41.8 Å². The average molecular weight is 382 g/mol. The van der Waals surface area contributed by atoms with E-state index in [9.17, 15) is 13.6 Å². The molecule has 7 heteroatoms. The SMILES string of the molecule is Cn1ncc(F)c1-c1ccc2c(c1)CN(C(CN)Cc1cccc(F)c1)C2=O. The summed E-state index contributed by atoms with van der Waals surface area (Å²) in [5.74, 6) is -0.833. The number of nitrogens with two attached hydrogens (primary N) is 1. The zero-order valence-corrected chi connectivity index (χ0v) is 15.4. The number of aromatic nitrogens is 2. The van der Waals surface area contributed by atoms with Crippen LogP contribution in [0.1, 0.15) is 21.5 Å². The van der Waals surface area contributed by atoms with E-state index >= 15 is 0 Å². The average Bonchev–Trinajstić information content (AvgIpc) is 3.18. The Labute approximate surface area is 161 Å². The van der Waals surface area contributed by atoms with Crippen LogP contribution in [0.3, 0.4) is 0 Å². The summed E-state index contributed by atoms with van der Waals surface area (Å²) in [6, 6.07) is 11.3. The van der Waals surface area contributed by atoms with Crippen LogP contribution in [0.4, 0.5) is 8.78 Å². The first-order valence-corrected chi connectivity index (χ1v) is 9.04. The molecule has 1 aliphatic rings. The van der Waals surface area contributed by atoms with Gasteiger partial charge in [-0.2, -0.15) is 5.10 Å². The molecule has 0 aliphatic carbocycles. The van der Waals surface area contributed by atoms with Gasteiger partial charge in [-0.25, -0.2) is 8.78 Å². The summed E-state index contributed by atoms with van der Waals surface area (Å²) < 4.78 is 29.0. The summed E-state index contributed by atoms with van der Waals surface area (Å²) in [4.78, 5) is 14.6. The monoisotopic (exact) mass is 382 g/mol. The molecule has 2 N–H and O–H groups in total. The molecule has 28 heavy (non-hydrogen) atoms. The highest BCUT2D eigenvalue weighted by Crippen LogP contribution is 2.31. The summed E-state index contributed by atoms with van der Waals surface area (Å²) in [6.45, 7) is 0.651. The fraction of sp³-hybridized carbons (Fsp3) is 0.238. The number of benzene rings is 2. The van der Waals surface area contributed by atoms with Gasteiger partial charge in [0.15, 0.2) is 5.82 Å². The van der Waals surface area contributed by atoms with Gasteiger partial charge in [0.1, 0.15) is 11.5 Å². The van der Waals surface area contributed by atoms with E-state index in [1.165, 1.54) is 23.0 Å². The predicted molar refractivity (Wildman–Crippen MR) is 101 cm³/mol. The smallest absolute Gasteiger partial charge is 0.254 e. The van der Waals surface area contributed by atoms with E-state index in [1.807, 2.05) is 12.1 Å². The number of aryl methyl sites for hydroxylation is 1. The molecule has 1 aliphatic heterocycles. The van der Waals surface area contributed by atoms with E-state index in [-0.39, 0.29) is 24.3 Å². The fourth-order valence-electron chi connectivity index (χ4n) is 3.78. The van der Waals surface area contributed by atoms with Crippen molar-refractivity contribution >= 4 is 5.91 Å². The van der Waals surface area contributed by atoms with Gasteiger partial charge < -0.3 is 10.6 Å². The highest BCUT2D eigenvalue weighted by Gasteiger charge is 2.32. The van der Waals surface area contributed by atoms with Crippen molar-refractivity contribution in [3.05, 3.63) is 77.0 Å². The van der Waals surface area contributed by atoms with Gasteiger partial charge in [-0.1, -0.05) is 18.2 Å². The van der Waals surface area contributed by atoms with Crippen LogP contribution in [0, 0.1) is 11.6 Å². The molecule has 4 rings (SSSR count). The maximum absolute atomic E-state index is 14.1. The van der Waals surface area contributed by atoms with Crippen molar-refractivity contribution in [2.75, 3.05) is 6.54 Å². The van der Waals surface area contributed by atoms with Gasteiger partial charge in [0, 0.05) is 37.3 Å². The second-order valence-corrected chi connectivity index (χ2v) is 6.99. The van der Waals surface area contributed by atoms with E-state index in [0.717, 1.165) is 11.1 Å². The third-order valence-corrected chi connectivity index (χ3v) is 5.18. The van der Waals surface area contributed by atoms with E-state index in [4.69, 9.17) is 5.73 Å². The van der Waals surface area contributed by atoms with E-state index < -0.39 is 5.82 Å². The lowest BCUT2D eigenvalue weighted by molar-refractivity contribution is 0.0708. The third-order valence-electron chi connectivity index (χ3n) is 5.18. The Balaban J connectivity index is 1.61. The van der Waals surface area contributed by atoms with Crippen molar-refractivity contribution in [3.63, 3.8) is 0 Å². The molecule has 1 atom stereocenters. The molecular formula is C21H20F2N4O. The normalized spacial score (nSPS) is 14.4. The van der Waals surface area contributed by atoms with Gasteiger partial charge in [0.2, 0.25) is 0 Å². The number of rotatable bonds is 5.